The van der Waals surface area contributed by atoms with E-state index in [2.05, 4.69) is 15.6 Å². The number of nitrogens with zero attached hydrogens (tertiary/aromatic N) is 2. The molecule has 2 aromatic carbocycles. The van der Waals surface area contributed by atoms with Gasteiger partial charge in [-0.05, 0) is 55.1 Å². The molecule has 0 aliphatic heterocycles. The Morgan fingerprint density at radius 3 is 2.69 bits per heavy atom. The zero-order valence-electron chi connectivity index (χ0n) is 19.1. The van der Waals surface area contributed by atoms with Gasteiger partial charge in [-0.25, -0.2) is 23.4 Å². The summed E-state index contributed by atoms with van der Waals surface area (Å²) < 4.78 is 32.2. The number of hydrogen-bond acceptors (Lipinski definition) is 5. The van der Waals surface area contributed by atoms with Crippen molar-refractivity contribution in [2.24, 2.45) is 0 Å². The largest absolute Gasteiger partial charge is 0.447 e. The number of amides is 3. The van der Waals surface area contributed by atoms with Crippen molar-refractivity contribution in [1.29, 1.82) is 0 Å². The number of carbonyl (C=O) groups is 2. The van der Waals surface area contributed by atoms with E-state index in [4.69, 9.17) is 16.3 Å². The van der Waals surface area contributed by atoms with Gasteiger partial charge >= 0.3 is 12.1 Å². The van der Waals surface area contributed by atoms with E-state index in [1.165, 1.54) is 55.3 Å². The second kappa shape index (κ2) is 11.3. The zero-order chi connectivity index (χ0) is 25.6. The van der Waals surface area contributed by atoms with Gasteiger partial charge < -0.3 is 20.1 Å². The molecule has 0 saturated carbocycles. The summed E-state index contributed by atoms with van der Waals surface area (Å²) >= 11 is 5.92. The number of anilines is 1. The van der Waals surface area contributed by atoms with Gasteiger partial charge in [-0.3, -0.25) is 5.32 Å². The summed E-state index contributed by atoms with van der Waals surface area (Å²) in [5.74, 6) is -0.842. The topological polar surface area (TPSA) is 104 Å². The first-order valence-electron chi connectivity index (χ1n) is 10.7. The maximum absolute atomic E-state index is 13.6. The van der Waals surface area contributed by atoms with Crippen molar-refractivity contribution in [3.63, 3.8) is 0 Å². The van der Waals surface area contributed by atoms with Crippen LogP contribution >= 0.6 is 11.6 Å². The van der Waals surface area contributed by atoms with E-state index in [1.807, 2.05) is 0 Å². The molecule has 11 heteroatoms. The summed E-state index contributed by atoms with van der Waals surface area (Å²) in [5.41, 5.74) is -0.831. The Labute approximate surface area is 205 Å². The number of pyridine rings is 1. The number of halogens is 3. The Kier molecular flexibility index (Phi) is 8.42. The number of nitrogens with one attached hydrogen (secondary N) is 2. The average molecular weight is 507 g/mol. The lowest BCUT2D eigenvalue weighted by Gasteiger charge is -2.29. The van der Waals surface area contributed by atoms with Gasteiger partial charge in [0.2, 0.25) is 0 Å². The van der Waals surface area contributed by atoms with Crippen molar-refractivity contribution >= 4 is 40.3 Å². The number of ether oxygens (including phenoxy) is 1. The Hall–Kier alpha value is -3.50. The van der Waals surface area contributed by atoms with E-state index in [0.29, 0.717) is 16.3 Å². The molecule has 3 aromatic rings. The van der Waals surface area contributed by atoms with Crippen molar-refractivity contribution in [2.75, 3.05) is 25.0 Å². The van der Waals surface area contributed by atoms with E-state index < -0.39 is 29.4 Å². The van der Waals surface area contributed by atoms with Crippen LogP contribution in [0.3, 0.4) is 0 Å². The fourth-order valence-electron chi connectivity index (χ4n) is 3.26. The van der Waals surface area contributed by atoms with E-state index in [-0.39, 0.29) is 37.1 Å². The molecule has 0 fully saturated rings. The summed E-state index contributed by atoms with van der Waals surface area (Å²) in [5, 5.41) is 16.4. The first kappa shape index (κ1) is 26.1. The van der Waals surface area contributed by atoms with Crippen LogP contribution in [-0.4, -0.2) is 52.4 Å². The highest BCUT2D eigenvalue weighted by Crippen LogP contribution is 2.20. The van der Waals surface area contributed by atoms with Crippen LogP contribution in [-0.2, 0) is 11.3 Å². The van der Waals surface area contributed by atoms with Gasteiger partial charge in [0.15, 0.2) is 0 Å². The van der Waals surface area contributed by atoms with E-state index >= 15 is 0 Å². The number of urea groups is 1. The standard InChI is InChI=1S/C24H25ClF2N4O4/c1-24(2,34)14-31(22(32)29-13-16-4-3-5-19(27)21(16)25)8-9-35-23(33)30-20-11-17-10-18(26)7-6-15(17)12-28-20/h3-7,10-12,34H,8-9,13-14H2,1-2H3,(H,29,32)(H,28,30,33). The van der Waals surface area contributed by atoms with Crippen LogP contribution in [0.5, 0.6) is 0 Å². The minimum atomic E-state index is -1.22. The van der Waals surface area contributed by atoms with E-state index in [1.54, 1.807) is 12.1 Å². The molecule has 186 valence electrons. The smallest absolute Gasteiger partial charge is 0.412 e. The fraction of sp³-hybridized carbons (Fsp3) is 0.292. The molecule has 0 radical (unpaired) electrons. The SMILES string of the molecule is CC(C)(O)CN(CCOC(=O)Nc1cc2cc(F)ccc2cn1)C(=O)NCc1cccc(F)c1Cl. The minimum absolute atomic E-state index is 0.0313. The van der Waals surface area contributed by atoms with Crippen LogP contribution in [0.4, 0.5) is 24.2 Å². The number of carbonyl (C=O) groups excluding carboxylic acids is 2. The maximum Gasteiger partial charge on any atom is 0.412 e. The van der Waals surface area contributed by atoms with Gasteiger partial charge in [0, 0.05) is 18.1 Å². The van der Waals surface area contributed by atoms with Crippen LogP contribution < -0.4 is 10.6 Å². The normalized spacial score (nSPS) is 11.3. The summed E-state index contributed by atoms with van der Waals surface area (Å²) in [4.78, 5) is 30.2. The van der Waals surface area contributed by atoms with Crippen LogP contribution in [0.15, 0.2) is 48.7 Å². The van der Waals surface area contributed by atoms with Crippen LogP contribution in [0.1, 0.15) is 19.4 Å². The third-order valence-electron chi connectivity index (χ3n) is 4.83. The van der Waals surface area contributed by atoms with Gasteiger partial charge in [0.05, 0.1) is 23.7 Å². The highest BCUT2D eigenvalue weighted by Gasteiger charge is 2.23. The number of hydrogen-bond donors (Lipinski definition) is 3. The molecule has 0 bridgehead atoms. The summed E-state index contributed by atoms with van der Waals surface area (Å²) in [6.45, 7) is 2.75. The molecule has 3 amide bonds. The molecule has 0 aliphatic carbocycles. The molecule has 8 nitrogen and oxygen atoms in total. The Balaban J connectivity index is 1.55. The van der Waals surface area contributed by atoms with Gasteiger partial charge in [0.1, 0.15) is 24.1 Å². The Bertz CT molecular complexity index is 1220. The Morgan fingerprint density at radius 2 is 1.94 bits per heavy atom. The lowest BCUT2D eigenvalue weighted by molar-refractivity contribution is 0.0413. The molecule has 1 aromatic heterocycles. The number of rotatable bonds is 8. The van der Waals surface area contributed by atoms with Crippen LogP contribution in [0.2, 0.25) is 5.02 Å². The van der Waals surface area contributed by atoms with Crippen molar-refractivity contribution in [1.82, 2.24) is 15.2 Å². The predicted octanol–water partition coefficient (Wildman–Crippen LogP) is 4.70. The molecule has 0 atom stereocenters. The molecular weight excluding hydrogens is 482 g/mol. The molecule has 0 aliphatic rings. The fourth-order valence-corrected chi connectivity index (χ4v) is 3.45. The second-order valence-corrected chi connectivity index (χ2v) is 8.81. The quantitative estimate of drug-likeness (QED) is 0.411. The van der Waals surface area contributed by atoms with Crippen molar-refractivity contribution in [3.05, 3.63) is 70.9 Å². The van der Waals surface area contributed by atoms with Crippen molar-refractivity contribution in [2.45, 2.75) is 26.0 Å². The first-order valence-corrected chi connectivity index (χ1v) is 11.1. The van der Waals surface area contributed by atoms with Crippen molar-refractivity contribution < 1.29 is 28.2 Å². The number of benzene rings is 2. The molecule has 3 N–H and O–H groups in total. The molecule has 0 saturated heterocycles. The average Bonchev–Trinajstić information content (AvgIpc) is 2.78. The highest BCUT2D eigenvalue weighted by molar-refractivity contribution is 6.31. The number of fused-ring (bicyclic) bond motifs is 1. The lowest BCUT2D eigenvalue weighted by Crippen LogP contribution is -2.48. The second-order valence-electron chi connectivity index (χ2n) is 8.43. The first-order chi connectivity index (χ1) is 16.5. The predicted molar refractivity (Wildman–Crippen MR) is 128 cm³/mol. The summed E-state index contributed by atoms with van der Waals surface area (Å²) in [6.07, 6.45) is 0.674. The monoisotopic (exact) mass is 506 g/mol. The summed E-state index contributed by atoms with van der Waals surface area (Å²) in [6, 6.07) is 9.41. The molecule has 35 heavy (non-hydrogen) atoms. The maximum atomic E-state index is 13.6. The molecule has 1 heterocycles. The van der Waals surface area contributed by atoms with Gasteiger partial charge in [0.25, 0.3) is 0 Å². The molecule has 3 rings (SSSR count). The minimum Gasteiger partial charge on any atom is -0.447 e. The van der Waals surface area contributed by atoms with E-state index in [0.717, 1.165) is 0 Å². The molecule has 0 unspecified atom stereocenters. The zero-order valence-corrected chi connectivity index (χ0v) is 19.9. The lowest BCUT2D eigenvalue weighted by atomic mass is 10.1. The van der Waals surface area contributed by atoms with Crippen LogP contribution in [0, 0.1) is 11.6 Å². The van der Waals surface area contributed by atoms with Gasteiger partial charge in [-0.2, -0.15) is 0 Å². The number of aliphatic hydroxyl groups is 1. The molecular formula is C24H25ClF2N4O4. The van der Waals surface area contributed by atoms with Crippen LogP contribution in [0.25, 0.3) is 10.8 Å². The highest BCUT2D eigenvalue weighted by atomic mass is 35.5. The van der Waals surface area contributed by atoms with Crippen molar-refractivity contribution in [3.8, 4) is 0 Å². The third-order valence-corrected chi connectivity index (χ3v) is 5.26. The van der Waals surface area contributed by atoms with E-state index in [9.17, 15) is 23.5 Å². The molecule has 0 spiro atoms. The number of aromatic nitrogens is 1. The summed E-state index contributed by atoms with van der Waals surface area (Å²) in [7, 11) is 0. The third kappa shape index (κ3) is 7.76. The van der Waals surface area contributed by atoms with Gasteiger partial charge in [-0.15, -0.1) is 0 Å². The van der Waals surface area contributed by atoms with Gasteiger partial charge in [-0.1, -0.05) is 23.7 Å². The Morgan fingerprint density at radius 1 is 1.17 bits per heavy atom.